The Morgan fingerprint density at radius 3 is 2.42 bits per heavy atom. The average Bonchev–Trinajstić information content (AvgIpc) is 3.07. The van der Waals surface area contributed by atoms with Gasteiger partial charge in [0.05, 0.1) is 17.6 Å². The largest absolute Gasteiger partial charge is 0.444 e. The zero-order chi connectivity index (χ0) is 24.4. The quantitative estimate of drug-likeness (QED) is 0.443. The molecule has 2 heterocycles. The second-order valence-corrected chi connectivity index (χ2v) is 7.93. The van der Waals surface area contributed by atoms with E-state index in [4.69, 9.17) is 4.74 Å². The number of ether oxygens (including phenoxy) is 1. The lowest BCUT2D eigenvalue weighted by Gasteiger charge is -2.20. The van der Waals surface area contributed by atoms with Gasteiger partial charge in [0, 0.05) is 25.1 Å². The number of carbonyl (C=O) groups is 1. The topological polar surface area (TPSA) is 106 Å². The lowest BCUT2D eigenvalue weighted by Crippen LogP contribution is -2.27. The van der Waals surface area contributed by atoms with Gasteiger partial charge in [0.15, 0.2) is 0 Å². The standard InChI is InChI=1S/C20H21F4N7O2/c1-19(2,3)33-18(32)28-11-5-6-14(21)15(7-11)29-16-13(20(22,23)24)9-25-17(30-16)27-12-8-26-31(4)10-12/h5-10H,1-4H3,(H,28,32)(H2,25,27,29,30). The van der Waals surface area contributed by atoms with Crippen molar-refractivity contribution >= 4 is 34.9 Å². The van der Waals surface area contributed by atoms with E-state index in [1.807, 2.05) is 0 Å². The van der Waals surface area contributed by atoms with E-state index in [9.17, 15) is 22.4 Å². The number of rotatable bonds is 5. The van der Waals surface area contributed by atoms with Gasteiger partial charge in [0.1, 0.15) is 22.8 Å². The molecule has 0 saturated carbocycles. The van der Waals surface area contributed by atoms with Crippen LogP contribution in [0.3, 0.4) is 0 Å². The van der Waals surface area contributed by atoms with Crippen molar-refractivity contribution in [2.24, 2.45) is 7.05 Å². The normalized spacial score (nSPS) is 11.8. The van der Waals surface area contributed by atoms with Gasteiger partial charge in [-0.25, -0.2) is 14.2 Å². The lowest BCUT2D eigenvalue weighted by molar-refractivity contribution is -0.137. The van der Waals surface area contributed by atoms with Crippen molar-refractivity contribution in [2.75, 3.05) is 16.0 Å². The highest BCUT2D eigenvalue weighted by Crippen LogP contribution is 2.36. The first-order valence-corrected chi connectivity index (χ1v) is 9.56. The first-order valence-electron chi connectivity index (χ1n) is 9.56. The minimum atomic E-state index is -4.81. The molecule has 0 unspecified atom stereocenters. The van der Waals surface area contributed by atoms with Crippen molar-refractivity contribution in [1.82, 2.24) is 19.7 Å². The van der Waals surface area contributed by atoms with E-state index in [-0.39, 0.29) is 17.3 Å². The third kappa shape index (κ3) is 6.54. The van der Waals surface area contributed by atoms with Crippen LogP contribution in [0.15, 0.2) is 36.8 Å². The van der Waals surface area contributed by atoms with Crippen molar-refractivity contribution in [2.45, 2.75) is 32.5 Å². The summed E-state index contributed by atoms with van der Waals surface area (Å²) in [5.74, 6) is -1.71. The van der Waals surface area contributed by atoms with Crippen molar-refractivity contribution in [3.8, 4) is 0 Å². The second-order valence-electron chi connectivity index (χ2n) is 7.93. The second kappa shape index (κ2) is 8.92. The third-order valence-corrected chi connectivity index (χ3v) is 3.92. The monoisotopic (exact) mass is 467 g/mol. The molecule has 0 aliphatic carbocycles. The summed E-state index contributed by atoms with van der Waals surface area (Å²) in [5.41, 5.74) is -1.78. The predicted molar refractivity (Wildman–Crippen MR) is 113 cm³/mol. The van der Waals surface area contributed by atoms with E-state index >= 15 is 0 Å². The number of aryl methyl sites for hydroxylation is 1. The Balaban J connectivity index is 1.90. The number of aromatic nitrogens is 4. The van der Waals surface area contributed by atoms with E-state index < -0.39 is 35.1 Å². The van der Waals surface area contributed by atoms with Gasteiger partial charge in [-0.2, -0.15) is 23.3 Å². The van der Waals surface area contributed by atoms with Crippen LogP contribution in [0.5, 0.6) is 0 Å². The van der Waals surface area contributed by atoms with Gasteiger partial charge < -0.3 is 15.4 Å². The summed E-state index contributed by atoms with van der Waals surface area (Å²) in [4.78, 5) is 19.5. The van der Waals surface area contributed by atoms with Crippen LogP contribution in [0.25, 0.3) is 0 Å². The molecule has 13 heteroatoms. The van der Waals surface area contributed by atoms with E-state index in [0.29, 0.717) is 11.9 Å². The van der Waals surface area contributed by atoms with Crippen LogP contribution in [0.4, 0.5) is 51.2 Å². The molecule has 3 N–H and O–H groups in total. The highest BCUT2D eigenvalue weighted by atomic mass is 19.4. The fraction of sp³-hybridized carbons (Fsp3) is 0.300. The Kier molecular flexibility index (Phi) is 6.42. The fourth-order valence-electron chi connectivity index (χ4n) is 2.61. The molecule has 1 aromatic carbocycles. The molecule has 0 radical (unpaired) electrons. The molecule has 1 amide bonds. The third-order valence-electron chi connectivity index (χ3n) is 3.92. The first-order chi connectivity index (χ1) is 15.3. The molecule has 0 fully saturated rings. The first kappa shape index (κ1) is 23.8. The van der Waals surface area contributed by atoms with Crippen molar-refractivity contribution < 1.29 is 27.1 Å². The number of halogens is 4. The van der Waals surface area contributed by atoms with Gasteiger partial charge in [-0.15, -0.1) is 0 Å². The summed E-state index contributed by atoms with van der Waals surface area (Å²) in [6, 6.07) is 3.35. The zero-order valence-electron chi connectivity index (χ0n) is 18.1. The van der Waals surface area contributed by atoms with E-state index in [1.54, 1.807) is 34.0 Å². The number of amides is 1. The number of nitrogens with zero attached hydrogens (tertiary/aromatic N) is 4. The minimum absolute atomic E-state index is 0.101. The van der Waals surface area contributed by atoms with E-state index in [0.717, 1.165) is 12.1 Å². The molecular weight excluding hydrogens is 446 g/mol. The average molecular weight is 467 g/mol. The molecule has 0 aliphatic rings. The van der Waals surface area contributed by atoms with Gasteiger partial charge in [-0.05, 0) is 39.0 Å². The van der Waals surface area contributed by atoms with Gasteiger partial charge in [0.25, 0.3) is 0 Å². The number of hydrogen-bond acceptors (Lipinski definition) is 7. The van der Waals surface area contributed by atoms with Crippen molar-refractivity contribution in [3.63, 3.8) is 0 Å². The number of benzene rings is 1. The molecule has 9 nitrogen and oxygen atoms in total. The SMILES string of the molecule is Cn1cc(Nc2ncc(C(F)(F)F)c(Nc3cc(NC(=O)OC(C)(C)C)ccc3F)n2)cn1. The summed E-state index contributed by atoms with van der Waals surface area (Å²) in [6.45, 7) is 4.99. The highest BCUT2D eigenvalue weighted by Gasteiger charge is 2.35. The summed E-state index contributed by atoms with van der Waals surface area (Å²) < 4.78 is 61.5. The molecule has 3 rings (SSSR count). The minimum Gasteiger partial charge on any atom is -0.444 e. The summed E-state index contributed by atoms with van der Waals surface area (Å²) >= 11 is 0. The van der Waals surface area contributed by atoms with Gasteiger partial charge >= 0.3 is 12.3 Å². The maximum Gasteiger partial charge on any atom is 0.421 e. The predicted octanol–water partition coefficient (Wildman–Crippen LogP) is 5.20. The van der Waals surface area contributed by atoms with Crippen LogP contribution in [0.2, 0.25) is 0 Å². The molecule has 33 heavy (non-hydrogen) atoms. The van der Waals surface area contributed by atoms with Gasteiger partial charge in [0.2, 0.25) is 5.95 Å². The van der Waals surface area contributed by atoms with E-state index in [2.05, 4.69) is 31.0 Å². The molecule has 0 saturated heterocycles. The van der Waals surface area contributed by atoms with Gasteiger partial charge in [-0.3, -0.25) is 10.00 Å². The Hall–Kier alpha value is -3.90. The molecule has 2 aromatic heterocycles. The molecule has 0 aliphatic heterocycles. The van der Waals surface area contributed by atoms with Crippen LogP contribution in [-0.4, -0.2) is 31.4 Å². The Morgan fingerprint density at radius 2 is 1.82 bits per heavy atom. The van der Waals surface area contributed by atoms with Crippen LogP contribution in [0, 0.1) is 5.82 Å². The Morgan fingerprint density at radius 1 is 1.09 bits per heavy atom. The Bertz CT molecular complexity index is 1160. The van der Waals surface area contributed by atoms with Crippen LogP contribution < -0.4 is 16.0 Å². The zero-order valence-corrected chi connectivity index (χ0v) is 18.1. The Labute approximate surface area is 186 Å². The molecule has 0 spiro atoms. The maximum atomic E-state index is 14.4. The fourth-order valence-corrected chi connectivity index (χ4v) is 2.61. The van der Waals surface area contributed by atoms with Crippen LogP contribution >= 0.6 is 0 Å². The summed E-state index contributed by atoms with van der Waals surface area (Å²) in [6.07, 6.45) is -2.03. The highest BCUT2D eigenvalue weighted by molar-refractivity contribution is 5.86. The number of anilines is 5. The van der Waals surface area contributed by atoms with Crippen LogP contribution in [0.1, 0.15) is 26.3 Å². The van der Waals surface area contributed by atoms with Crippen molar-refractivity contribution in [1.29, 1.82) is 0 Å². The molecule has 0 bridgehead atoms. The molecule has 0 atom stereocenters. The lowest BCUT2D eigenvalue weighted by atomic mass is 10.2. The van der Waals surface area contributed by atoms with E-state index in [1.165, 1.54) is 16.9 Å². The summed E-state index contributed by atoms with van der Waals surface area (Å²) in [5, 5.41) is 11.4. The molecule has 176 valence electrons. The van der Waals surface area contributed by atoms with Crippen LogP contribution in [-0.2, 0) is 18.0 Å². The van der Waals surface area contributed by atoms with Gasteiger partial charge in [-0.1, -0.05) is 0 Å². The maximum absolute atomic E-state index is 14.4. The molecular formula is C20H21F4N7O2. The number of nitrogens with one attached hydrogen (secondary N) is 3. The number of alkyl halides is 3. The smallest absolute Gasteiger partial charge is 0.421 e. The number of hydrogen-bond donors (Lipinski definition) is 3. The number of carbonyl (C=O) groups excluding carboxylic acids is 1. The van der Waals surface area contributed by atoms with Crippen molar-refractivity contribution in [3.05, 3.63) is 48.2 Å². The molecule has 3 aromatic rings. The summed E-state index contributed by atoms with van der Waals surface area (Å²) in [7, 11) is 1.66.